The normalized spacial score (nSPS) is 12.3. The molecule has 0 aromatic heterocycles. The van der Waals surface area contributed by atoms with Crippen LogP contribution in [0.2, 0.25) is 0 Å². The molecule has 0 aromatic carbocycles. The highest BCUT2D eigenvalue weighted by Gasteiger charge is 2.19. The van der Waals surface area contributed by atoms with Crippen LogP contribution in [-0.2, 0) is 28.6 Å². The molecule has 0 aliphatic carbocycles. The van der Waals surface area contributed by atoms with E-state index < -0.39 is 6.10 Å². The minimum absolute atomic E-state index is 0.0724. The molecule has 1 unspecified atom stereocenters. The van der Waals surface area contributed by atoms with Gasteiger partial charge in [0.2, 0.25) is 0 Å². The number of hydrogen-bond donors (Lipinski definition) is 0. The van der Waals surface area contributed by atoms with E-state index in [9.17, 15) is 14.4 Å². The molecule has 0 fully saturated rings. The van der Waals surface area contributed by atoms with Crippen LogP contribution in [0.25, 0.3) is 0 Å². The van der Waals surface area contributed by atoms with Crippen molar-refractivity contribution in [2.24, 2.45) is 0 Å². The largest absolute Gasteiger partial charge is 0.462 e. The summed E-state index contributed by atoms with van der Waals surface area (Å²) in [5.41, 5.74) is 0. The molecule has 6 heteroatoms. The van der Waals surface area contributed by atoms with Gasteiger partial charge < -0.3 is 14.2 Å². The number of allylic oxidation sites excluding steroid dienone is 8. The molecule has 82 heavy (non-hydrogen) atoms. The van der Waals surface area contributed by atoms with E-state index in [0.29, 0.717) is 19.3 Å². The van der Waals surface area contributed by atoms with Crippen LogP contribution in [0.1, 0.15) is 400 Å². The smallest absolute Gasteiger partial charge is 0.306 e. The first-order valence-electron chi connectivity index (χ1n) is 36.6. The number of rotatable bonds is 68. The molecule has 0 radical (unpaired) electrons. The summed E-state index contributed by atoms with van der Waals surface area (Å²) in [6, 6.07) is 0. The van der Waals surface area contributed by atoms with Crippen LogP contribution in [0.5, 0.6) is 0 Å². The number of unbranched alkanes of at least 4 members (excludes halogenated alkanes) is 49. The summed E-state index contributed by atoms with van der Waals surface area (Å²) in [5, 5.41) is 0. The maximum absolute atomic E-state index is 13.0. The van der Waals surface area contributed by atoms with Gasteiger partial charge in [-0.3, -0.25) is 14.4 Å². The van der Waals surface area contributed by atoms with Crippen LogP contribution in [0, 0.1) is 0 Å². The Bertz CT molecular complexity index is 1410. The predicted octanol–water partition coefficient (Wildman–Crippen LogP) is 25.3. The lowest BCUT2D eigenvalue weighted by molar-refractivity contribution is -0.167. The van der Waals surface area contributed by atoms with E-state index in [4.69, 9.17) is 14.2 Å². The maximum Gasteiger partial charge on any atom is 0.306 e. The van der Waals surface area contributed by atoms with Crippen molar-refractivity contribution in [3.8, 4) is 0 Å². The van der Waals surface area contributed by atoms with Crippen LogP contribution < -0.4 is 0 Å². The van der Waals surface area contributed by atoms with E-state index in [0.717, 1.165) is 89.9 Å². The van der Waals surface area contributed by atoms with Crippen LogP contribution in [-0.4, -0.2) is 37.2 Å². The molecule has 6 nitrogen and oxygen atoms in total. The number of carbonyl (C=O) groups is 3. The van der Waals surface area contributed by atoms with Crippen LogP contribution in [0.4, 0.5) is 0 Å². The molecule has 0 aromatic rings. The summed E-state index contributed by atoms with van der Waals surface area (Å²) in [5.74, 6) is -0.859. The zero-order valence-electron chi connectivity index (χ0n) is 55.3. The number of carbonyl (C=O) groups excluding carboxylic acids is 3. The summed E-state index contributed by atoms with van der Waals surface area (Å²) in [6.45, 7) is 6.63. The standard InChI is InChI=1S/C76H140O6/c1-4-7-10-13-16-19-22-25-27-29-31-33-35-36-37-38-39-40-41-43-44-46-48-51-54-57-60-63-66-69-75(78)81-72-73(71-80-74(77)68-65-62-59-56-53-50-24-21-18-15-12-9-6-3)82-76(79)70-67-64-61-58-55-52-49-47-45-42-34-32-30-28-26-23-20-17-14-11-8-5-2/h12,15,21-22,24-25,29,31,73H,4-11,13-14,16-20,23,26-28,30,32-72H2,1-3H3/b15-12-,24-21-,25-22-,31-29-. The fourth-order valence-electron chi connectivity index (χ4n) is 11.0. The Balaban J connectivity index is 4.19. The Labute approximate surface area is 511 Å². The van der Waals surface area contributed by atoms with Gasteiger partial charge in [0.05, 0.1) is 0 Å². The molecule has 0 spiro atoms. The second-order valence-corrected chi connectivity index (χ2v) is 24.9. The van der Waals surface area contributed by atoms with Gasteiger partial charge in [-0.25, -0.2) is 0 Å². The van der Waals surface area contributed by atoms with Gasteiger partial charge in [0, 0.05) is 19.3 Å². The van der Waals surface area contributed by atoms with Crippen molar-refractivity contribution in [3.05, 3.63) is 48.6 Å². The predicted molar refractivity (Wildman–Crippen MR) is 358 cm³/mol. The van der Waals surface area contributed by atoms with Crippen molar-refractivity contribution >= 4 is 17.9 Å². The van der Waals surface area contributed by atoms with E-state index in [1.807, 2.05) is 0 Å². The Morgan fingerprint density at radius 1 is 0.244 bits per heavy atom. The molecule has 0 saturated heterocycles. The van der Waals surface area contributed by atoms with Crippen molar-refractivity contribution in [1.82, 2.24) is 0 Å². The summed E-state index contributed by atoms with van der Waals surface area (Å²) in [6.07, 6.45) is 90.1. The second-order valence-electron chi connectivity index (χ2n) is 24.9. The van der Waals surface area contributed by atoms with E-state index in [2.05, 4.69) is 69.4 Å². The third kappa shape index (κ3) is 68.2. The zero-order valence-corrected chi connectivity index (χ0v) is 55.3. The third-order valence-electron chi connectivity index (χ3n) is 16.5. The van der Waals surface area contributed by atoms with Crippen molar-refractivity contribution in [2.45, 2.75) is 406 Å². The minimum Gasteiger partial charge on any atom is -0.462 e. The molecule has 0 bridgehead atoms. The molecule has 0 amide bonds. The van der Waals surface area contributed by atoms with E-state index >= 15 is 0 Å². The Kier molecular flexibility index (Phi) is 68.6. The molecule has 480 valence electrons. The molecule has 0 N–H and O–H groups in total. The SMILES string of the molecule is CCC/C=C\C/C=C\CCCCCCCC(=O)OCC(COC(=O)CCCCCCCCCCCCCCCCCCC/C=C\C/C=C\CCCCCCC)OC(=O)CCCCCCCCCCCCCCCCCCCCCCCC. The Morgan fingerprint density at radius 2 is 0.463 bits per heavy atom. The third-order valence-corrected chi connectivity index (χ3v) is 16.5. The van der Waals surface area contributed by atoms with Crippen molar-refractivity contribution in [2.75, 3.05) is 13.2 Å². The molecular formula is C76H140O6. The highest BCUT2D eigenvalue weighted by molar-refractivity contribution is 5.71. The molecule has 0 rings (SSSR count). The van der Waals surface area contributed by atoms with E-state index in [-0.39, 0.29) is 31.1 Å². The zero-order chi connectivity index (χ0) is 59.2. The van der Waals surface area contributed by atoms with Crippen LogP contribution in [0.3, 0.4) is 0 Å². The molecule has 0 heterocycles. The average Bonchev–Trinajstić information content (AvgIpc) is 3.48. The lowest BCUT2D eigenvalue weighted by atomic mass is 10.0. The number of hydrogen-bond acceptors (Lipinski definition) is 6. The molecule has 1 atom stereocenters. The van der Waals surface area contributed by atoms with Crippen molar-refractivity contribution in [1.29, 1.82) is 0 Å². The van der Waals surface area contributed by atoms with E-state index in [1.54, 1.807) is 0 Å². The number of ether oxygens (including phenoxy) is 3. The average molecular weight is 1150 g/mol. The Hall–Kier alpha value is -2.63. The first-order valence-corrected chi connectivity index (χ1v) is 36.6. The van der Waals surface area contributed by atoms with Gasteiger partial charge >= 0.3 is 17.9 Å². The van der Waals surface area contributed by atoms with Gasteiger partial charge in [-0.15, -0.1) is 0 Å². The van der Waals surface area contributed by atoms with Gasteiger partial charge in [0.25, 0.3) is 0 Å². The number of esters is 3. The highest BCUT2D eigenvalue weighted by Crippen LogP contribution is 2.19. The van der Waals surface area contributed by atoms with Gasteiger partial charge in [-0.05, 0) is 77.0 Å². The fraction of sp³-hybridized carbons (Fsp3) is 0.855. The van der Waals surface area contributed by atoms with Gasteiger partial charge in [-0.1, -0.05) is 352 Å². The fourth-order valence-corrected chi connectivity index (χ4v) is 11.0. The second kappa shape index (κ2) is 70.9. The quantitative estimate of drug-likeness (QED) is 0.0261. The van der Waals surface area contributed by atoms with Crippen LogP contribution >= 0.6 is 0 Å². The first-order chi connectivity index (χ1) is 40.5. The Morgan fingerprint density at radius 3 is 0.720 bits per heavy atom. The minimum atomic E-state index is -0.777. The lowest BCUT2D eigenvalue weighted by Gasteiger charge is -2.18. The van der Waals surface area contributed by atoms with Gasteiger partial charge in [0.15, 0.2) is 6.10 Å². The van der Waals surface area contributed by atoms with Crippen LogP contribution in [0.15, 0.2) is 48.6 Å². The van der Waals surface area contributed by atoms with Crippen molar-refractivity contribution in [3.63, 3.8) is 0 Å². The monoisotopic (exact) mass is 1150 g/mol. The molecule has 0 saturated carbocycles. The van der Waals surface area contributed by atoms with Crippen molar-refractivity contribution < 1.29 is 28.6 Å². The molecule has 0 aliphatic heterocycles. The molecule has 0 aliphatic rings. The van der Waals surface area contributed by atoms with Gasteiger partial charge in [0.1, 0.15) is 13.2 Å². The van der Waals surface area contributed by atoms with Gasteiger partial charge in [-0.2, -0.15) is 0 Å². The summed E-state index contributed by atoms with van der Waals surface area (Å²) in [7, 11) is 0. The summed E-state index contributed by atoms with van der Waals surface area (Å²) >= 11 is 0. The topological polar surface area (TPSA) is 78.9 Å². The summed E-state index contributed by atoms with van der Waals surface area (Å²) in [4.78, 5) is 38.4. The highest BCUT2D eigenvalue weighted by atomic mass is 16.6. The van der Waals surface area contributed by atoms with E-state index in [1.165, 1.54) is 270 Å². The summed E-state index contributed by atoms with van der Waals surface area (Å²) < 4.78 is 17.0. The first kappa shape index (κ1) is 79.4. The maximum atomic E-state index is 13.0. The lowest BCUT2D eigenvalue weighted by Crippen LogP contribution is -2.30. The molecular weight excluding hydrogens is 1010 g/mol.